The Morgan fingerprint density at radius 2 is 0.812 bits per heavy atom. The van der Waals surface area contributed by atoms with Crippen LogP contribution in [0, 0.1) is 0 Å². The van der Waals surface area contributed by atoms with Crippen LogP contribution in [0.1, 0.15) is 25.2 Å². The lowest BCUT2D eigenvalue weighted by Gasteiger charge is -2.19. The predicted molar refractivity (Wildman–Crippen MR) is 203 cm³/mol. The third-order valence-electron chi connectivity index (χ3n) is 9.37. The molecule has 0 aliphatic heterocycles. The number of fused-ring (bicyclic) bond motifs is 3. The molecular weight excluding hydrogens is 581 g/mol. The Balaban J connectivity index is 1.38. The largest absolute Gasteiger partial charge is 0.251 e. The van der Waals surface area contributed by atoms with Gasteiger partial charge in [0.1, 0.15) is 0 Å². The number of pyridine rings is 2. The molecule has 0 saturated carbocycles. The van der Waals surface area contributed by atoms with E-state index in [1.54, 1.807) is 0 Å². The number of rotatable bonds is 7. The van der Waals surface area contributed by atoms with Crippen LogP contribution in [-0.4, -0.2) is 9.97 Å². The van der Waals surface area contributed by atoms with Crippen molar-refractivity contribution in [1.82, 2.24) is 9.97 Å². The molecule has 48 heavy (non-hydrogen) atoms. The number of hydrogen-bond acceptors (Lipinski definition) is 2. The quantitative estimate of drug-likeness (QED) is 0.167. The topological polar surface area (TPSA) is 25.8 Å². The van der Waals surface area contributed by atoms with E-state index in [0.717, 1.165) is 46.0 Å². The zero-order chi connectivity index (χ0) is 32.5. The first kappa shape index (κ1) is 29.5. The lowest BCUT2D eigenvalue weighted by molar-refractivity contribution is 1.05. The normalized spacial score (nSPS) is 11.3. The summed E-state index contributed by atoms with van der Waals surface area (Å²) < 4.78 is 0. The van der Waals surface area contributed by atoms with Crippen LogP contribution in [0.4, 0.5) is 0 Å². The summed E-state index contributed by atoms with van der Waals surface area (Å²) in [6.45, 7) is 4.33. The summed E-state index contributed by atoms with van der Waals surface area (Å²) >= 11 is 0. The molecule has 0 radical (unpaired) electrons. The minimum Gasteiger partial charge on any atom is -0.251 e. The zero-order valence-electron chi connectivity index (χ0n) is 27.3. The van der Waals surface area contributed by atoms with E-state index in [1.165, 1.54) is 55.6 Å². The van der Waals surface area contributed by atoms with Crippen LogP contribution >= 0.6 is 0 Å². The highest BCUT2D eigenvalue weighted by atomic mass is 14.8. The SMILES string of the molecule is CCc1ccc2ccc3c(-c4cccc(-c5cc(-c6ccccc6)c(-c6ccccc6)cc5-c5ccccc5)c4)cc(CC)nc3c2n1. The Kier molecular flexibility index (Phi) is 7.84. The van der Waals surface area contributed by atoms with Crippen molar-refractivity contribution in [2.24, 2.45) is 0 Å². The first-order chi connectivity index (χ1) is 23.7. The molecule has 8 aromatic rings. The van der Waals surface area contributed by atoms with E-state index in [9.17, 15) is 0 Å². The van der Waals surface area contributed by atoms with Crippen molar-refractivity contribution >= 4 is 21.8 Å². The van der Waals surface area contributed by atoms with Crippen molar-refractivity contribution in [2.45, 2.75) is 26.7 Å². The van der Waals surface area contributed by atoms with Crippen molar-refractivity contribution in [3.05, 3.63) is 169 Å². The summed E-state index contributed by atoms with van der Waals surface area (Å²) in [6, 6.07) is 57.0. The predicted octanol–water partition coefficient (Wildman–Crippen LogP) is 12.2. The fraction of sp³-hybridized carbons (Fsp3) is 0.0870. The van der Waals surface area contributed by atoms with Gasteiger partial charge in [0, 0.05) is 22.2 Å². The Labute approximate surface area is 282 Å². The Morgan fingerprint density at radius 3 is 1.35 bits per heavy atom. The van der Waals surface area contributed by atoms with E-state index in [2.05, 4.69) is 172 Å². The third-order valence-corrected chi connectivity index (χ3v) is 9.37. The molecule has 0 spiro atoms. The second-order valence-electron chi connectivity index (χ2n) is 12.3. The molecule has 2 heteroatoms. The number of benzene rings is 6. The molecule has 0 atom stereocenters. The Morgan fingerprint density at radius 1 is 0.354 bits per heavy atom. The summed E-state index contributed by atoms with van der Waals surface area (Å²) in [5.74, 6) is 0. The molecule has 230 valence electrons. The first-order valence-corrected chi connectivity index (χ1v) is 16.9. The van der Waals surface area contributed by atoms with Crippen LogP contribution in [0.15, 0.2) is 158 Å². The molecule has 0 aliphatic carbocycles. The fourth-order valence-corrected chi connectivity index (χ4v) is 6.84. The second-order valence-corrected chi connectivity index (χ2v) is 12.3. The van der Waals surface area contributed by atoms with Gasteiger partial charge in [0.05, 0.1) is 11.0 Å². The molecule has 0 N–H and O–H groups in total. The summed E-state index contributed by atoms with van der Waals surface area (Å²) in [4.78, 5) is 10.2. The molecule has 6 aromatic carbocycles. The molecule has 2 nitrogen and oxygen atoms in total. The molecule has 0 unspecified atom stereocenters. The highest BCUT2D eigenvalue weighted by Crippen LogP contribution is 2.43. The van der Waals surface area contributed by atoms with Crippen LogP contribution < -0.4 is 0 Å². The lowest BCUT2D eigenvalue weighted by Crippen LogP contribution is -1.96. The molecule has 0 bridgehead atoms. The van der Waals surface area contributed by atoms with Crippen LogP contribution in [0.25, 0.3) is 77.4 Å². The standard InChI is InChI=1S/C46H36N2/c1-3-37-25-23-34-24-26-39-40(28-38(4-2)48-46(39)45(34)47-37)35-21-14-22-36(27-35)44-30-42(32-17-10-6-11-18-32)41(31-15-8-5-9-16-31)29-43(44)33-19-12-7-13-20-33/h5-30H,3-4H2,1-2H3. The third kappa shape index (κ3) is 5.46. The van der Waals surface area contributed by atoms with Gasteiger partial charge in [-0.05, 0) is 98.8 Å². The monoisotopic (exact) mass is 616 g/mol. The van der Waals surface area contributed by atoms with Crippen molar-refractivity contribution in [1.29, 1.82) is 0 Å². The lowest BCUT2D eigenvalue weighted by atomic mass is 9.85. The molecular formula is C46H36N2. The van der Waals surface area contributed by atoms with Crippen molar-refractivity contribution < 1.29 is 0 Å². The van der Waals surface area contributed by atoms with E-state index in [-0.39, 0.29) is 0 Å². The Hall–Kier alpha value is -5.86. The minimum atomic E-state index is 0.853. The summed E-state index contributed by atoms with van der Waals surface area (Å²) in [5.41, 5.74) is 16.1. The van der Waals surface area contributed by atoms with E-state index in [0.29, 0.717) is 0 Å². The maximum absolute atomic E-state index is 5.14. The molecule has 8 rings (SSSR count). The minimum absolute atomic E-state index is 0.853. The van der Waals surface area contributed by atoms with Gasteiger partial charge in [-0.1, -0.05) is 141 Å². The summed E-state index contributed by atoms with van der Waals surface area (Å²) in [7, 11) is 0. The molecule has 2 heterocycles. The van der Waals surface area contributed by atoms with Crippen LogP contribution in [0.3, 0.4) is 0 Å². The van der Waals surface area contributed by atoms with Gasteiger partial charge in [-0.3, -0.25) is 9.97 Å². The highest BCUT2D eigenvalue weighted by molar-refractivity contribution is 6.08. The molecule has 0 fully saturated rings. The molecule has 0 saturated heterocycles. The maximum atomic E-state index is 5.14. The number of aromatic nitrogens is 2. The van der Waals surface area contributed by atoms with Crippen LogP contribution in [0.5, 0.6) is 0 Å². The van der Waals surface area contributed by atoms with Gasteiger partial charge in [-0.2, -0.15) is 0 Å². The second kappa shape index (κ2) is 12.7. The van der Waals surface area contributed by atoms with Gasteiger partial charge in [-0.15, -0.1) is 0 Å². The molecule has 0 aliphatic rings. The average Bonchev–Trinajstić information content (AvgIpc) is 3.17. The van der Waals surface area contributed by atoms with Gasteiger partial charge in [0.2, 0.25) is 0 Å². The van der Waals surface area contributed by atoms with Crippen molar-refractivity contribution in [3.63, 3.8) is 0 Å². The van der Waals surface area contributed by atoms with Gasteiger partial charge in [0.15, 0.2) is 0 Å². The fourth-order valence-electron chi connectivity index (χ4n) is 6.84. The number of nitrogens with zero attached hydrogens (tertiary/aromatic N) is 2. The smallest absolute Gasteiger partial charge is 0.0974 e. The molecule has 2 aromatic heterocycles. The van der Waals surface area contributed by atoms with Gasteiger partial charge in [-0.25, -0.2) is 0 Å². The Bertz CT molecular complexity index is 2390. The first-order valence-electron chi connectivity index (χ1n) is 16.9. The number of hydrogen-bond donors (Lipinski definition) is 0. The number of aryl methyl sites for hydroxylation is 2. The summed E-state index contributed by atoms with van der Waals surface area (Å²) in [5, 5.41) is 2.25. The van der Waals surface area contributed by atoms with Gasteiger partial charge in [0.25, 0.3) is 0 Å². The van der Waals surface area contributed by atoms with E-state index in [1.807, 2.05) is 0 Å². The van der Waals surface area contributed by atoms with Gasteiger partial charge >= 0.3 is 0 Å². The summed E-state index contributed by atoms with van der Waals surface area (Å²) in [6.07, 6.45) is 1.75. The van der Waals surface area contributed by atoms with E-state index < -0.39 is 0 Å². The average molecular weight is 617 g/mol. The highest BCUT2D eigenvalue weighted by Gasteiger charge is 2.18. The van der Waals surface area contributed by atoms with Gasteiger partial charge < -0.3 is 0 Å². The van der Waals surface area contributed by atoms with Crippen molar-refractivity contribution in [3.8, 4) is 55.6 Å². The van der Waals surface area contributed by atoms with E-state index >= 15 is 0 Å². The van der Waals surface area contributed by atoms with E-state index in [4.69, 9.17) is 9.97 Å². The van der Waals surface area contributed by atoms with Crippen molar-refractivity contribution in [2.75, 3.05) is 0 Å². The molecule has 0 amide bonds. The zero-order valence-corrected chi connectivity index (χ0v) is 27.3. The van der Waals surface area contributed by atoms with Crippen LogP contribution in [0.2, 0.25) is 0 Å². The van der Waals surface area contributed by atoms with Crippen LogP contribution in [-0.2, 0) is 12.8 Å². The maximum Gasteiger partial charge on any atom is 0.0974 e.